The van der Waals surface area contributed by atoms with Gasteiger partial charge in [-0.15, -0.1) is 0 Å². The molecule has 1 saturated heterocycles. The predicted octanol–water partition coefficient (Wildman–Crippen LogP) is 1.68. The molecule has 1 aromatic rings. The third kappa shape index (κ3) is 4.27. The lowest BCUT2D eigenvalue weighted by Gasteiger charge is -2.29. The van der Waals surface area contributed by atoms with Gasteiger partial charge >= 0.3 is 0 Å². The summed E-state index contributed by atoms with van der Waals surface area (Å²) in [6.07, 6.45) is 0. The lowest BCUT2D eigenvalue weighted by Crippen LogP contribution is -2.48. The lowest BCUT2D eigenvalue weighted by molar-refractivity contribution is 0.0764. The molecule has 1 atom stereocenters. The number of nitrogens with one attached hydrogen (secondary N) is 2. The third-order valence-corrected chi connectivity index (χ3v) is 3.56. The van der Waals surface area contributed by atoms with Crippen LogP contribution in [0.2, 0.25) is 0 Å². The fourth-order valence-corrected chi connectivity index (χ4v) is 2.32. The highest BCUT2D eigenvalue weighted by Crippen LogP contribution is 2.22. The third-order valence-electron chi connectivity index (χ3n) is 3.56. The van der Waals surface area contributed by atoms with Gasteiger partial charge in [0, 0.05) is 31.1 Å². The summed E-state index contributed by atoms with van der Waals surface area (Å²) in [6.45, 7) is 8.41. The van der Waals surface area contributed by atoms with Crippen LogP contribution in [0, 0.1) is 5.82 Å². The Labute approximate surface area is 114 Å². The summed E-state index contributed by atoms with van der Waals surface area (Å²) in [4.78, 5) is 0. The zero-order valence-corrected chi connectivity index (χ0v) is 11.7. The van der Waals surface area contributed by atoms with Crippen molar-refractivity contribution < 1.29 is 9.13 Å². The smallest absolute Gasteiger partial charge is 0.123 e. The fourth-order valence-electron chi connectivity index (χ4n) is 2.32. The largest absolute Gasteiger partial charge is 0.378 e. The summed E-state index contributed by atoms with van der Waals surface area (Å²) < 4.78 is 18.7. The molecule has 4 heteroatoms. The highest BCUT2D eigenvalue weighted by atomic mass is 19.1. The van der Waals surface area contributed by atoms with Crippen LogP contribution in [0.4, 0.5) is 4.39 Å². The molecule has 0 saturated carbocycles. The first-order valence-electron chi connectivity index (χ1n) is 6.86. The first kappa shape index (κ1) is 14.4. The van der Waals surface area contributed by atoms with E-state index in [-0.39, 0.29) is 11.2 Å². The first-order valence-corrected chi connectivity index (χ1v) is 6.86. The molecule has 0 aromatic heterocycles. The predicted molar refractivity (Wildman–Crippen MR) is 74.9 cm³/mol. The average Bonchev–Trinajstić information content (AvgIpc) is 2.40. The molecule has 0 aliphatic carbocycles. The zero-order chi connectivity index (χ0) is 13.7. The monoisotopic (exact) mass is 266 g/mol. The molecule has 2 rings (SSSR count). The van der Waals surface area contributed by atoms with Gasteiger partial charge < -0.3 is 15.4 Å². The molecular formula is C15H23FN2O. The molecule has 0 bridgehead atoms. The molecule has 1 aliphatic heterocycles. The van der Waals surface area contributed by atoms with Gasteiger partial charge in [0.15, 0.2) is 0 Å². The number of morpholine rings is 1. The van der Waals surface area contributed by atoms with Gasteiger partial charge in [0.25, 0.3) is 0 Å². The Balaban J connectivity index is 1.83. The number of halogens is 1. The SMILES string of the molecule is CC(C)(CNCC1COCCN1)c1cccc(F)c1. The van der Waals surface area contributed by atoms with Gasteiger partial charge in [-0.2, -0.15) is 0 Å². The van der Waals surface area contributed by atoms with Crippen molar-refractivity contribution in [3.05, 3.63) is 35.6 Å². The molecule has 0 amide bonds. The van der Waals surface area contributed by atoms with Crippen LogP contribution in [-0.4, -0.2) is 38.9 Å². The molecule has 1 unspecified atom stereocenters. The van der Waals surface area contributed by atoms with Crippen LogP contribution < -0.4 is 10.6 Å². The number of benzene rings is 1. The Morgan fingerprint density at radius 2 is 2.32 bits per heavy atom. The van der Waals surface area contributed by atoms with Crippen molar-refractivity contribution in [2.75, 3.05) is 32.8 Å². The van der Waals surface area contributed by atoms with Crippen molar-refractivity contribution >= 4 is 0 Å². The summed E-state index contributed by atoms with van der Waals surface area (Å²) in [5.74, 6) is -0.173. The van der Waals surface area contributed by atoms with Crippen LogP contribution in [-0.2, 0) is 10.2 Å². The number of hydrogen-bond acceptors (Lipinski definition) is 3. The van der Waals surface area contributed by atoms with Crippen molar-refractivity contribution in [2.45, 2.75) is 25.3 Å². The van der Waals surface area contributed by atoms with Crippen LogP contribution in [0.5, 0.6) is 0 Å². The molecular weight excluding hydrogens is 243 g/mol. The maximum absolute atomic E-state index is 13.3. The normalized spacial score (nSPS) is 20.5. The van der Waals surface area contributed by atoms with Crippen molar-refractivity contribution in [3.63, 3.8) is 0 Å². The van der Waals surface area contributed by atoms with Crippen molar-refractivity contribution in [1.29, 1.82) is 0 Å². The van der Waals surface area contributed by atoms with Gasteiger partial charge in [-0.05, 0) is 17.7 Å². The summed E-state index contributed by atoms with van der Waals surface area (Å²) in [7, 11) is 0. The molecule has 1 fully saturated rings. The summed E-state index contributed by atoms with van der Waals surface area (Å²) in [6, 6.07) is 7.22. The maximum Gasteiger partial charge on any atom is 0.123 e. The van der Waals surface area contributed by atoms with E-state index in [1.165, 1.54) is 6.07 Å². The summed E-state index contributed by atoms with van der Waals surface area (Å²) in [5.41, 5.74) is 0.935. The van der Waals surface area contributed by atoms with E-state index >= 15 is 0 Å². The molecule has 0 radical (unpaired) electrons. The minimum absolute atomic E-state index is 0.0857. The van der Waals surface area contributed by atoms with Crippen molar-refractivity contribution in [2.24, 2.45) is 0 Å². The second-order valence-corrected chi connectivity index (χ2v) is 5.75. The van der Waals surface area contributed by atoms with E-state index in [9.17, 15) is 4.39 Å². The van der Waals surface area contributed by atoms with Gasteiger partial charge in [0.2, 0.25) is 0 Å². The van der Waals surface area contributed by atoms with Crippen LogP contribution in [0.15, 0.2) is 24.3 Å². The van der Waals surface area contributed by atoms with E-state index in [2.05, 4.69) is 24.5 Å². The molecule has 1 heterocycles. The summed E-state index contributed by atoms with van der Waals surface area (Å²) >= 11 is 0. The van der Waals surface area contributed by atoms with E-state index in [0.717, 1.165) is 38.4 Å². The molecule has 3 nitrogen and oxygen atoms in total. The molecule has 1 aromatic carbocycles. The summed E-state index contributed by atoms with van der Waals surface area (Å²) in [5, 5.41) is 6.86. The van der Waals surface area contributed by atoms with Gasteiger partial charge in [-0.25, -0.2) is 4.39 Å². The highest BCUT2D eigenvalue weighted by molar-refractivity contribution is 5.24. The number of ether oxygens (including phenoxy) is 1. The van der Waals surface area contributed by atoms with Crippen LogP contribution in [0.1, 0.15) is 19.4 Å². The minimum Gasteiger partial charge on any atom is -0.378 e. The van der Waals surface area contributed by atoms with Crippen molar-refractivity contribution in [1.82, 2.24) is 10.6 Å². The van der Waals surface area contributed by atoms with E-state index in [1.807, 2.05) is 6.07 Å². The van der Waals surface area contributed by atoms with Gasteiger partial charge in [-0.1, -0.05) is 26.0 Å². The molecule has 106 valence electrons. The molecule has 1 aliphatic rings. The van der Waals surface area contributed by atoms with Gasteiger partial charge in [0.05, 0.1) is 13.2 Å². The molecule has 2 N–H and O–H groups in total. The fraction of sp³-hybridized carbons (Fsp3) is 0.600. The first-order chi connectivity index (χ1) is 9.08. The quantitative estimate of drug-likeness (QED) is 0.851. The molecule has 0 spiro atoms. The lowest BCUT2D eigenvalue weighted by atomic mass is 9.84. The van der Waals surface area contributed by atoms with Gasteiger partial charge in [-0.3, -0.25) is 0 Å². The highest BCUT2D eigenvalue weighted by Gasteiger charge is 2.21. The van der Waals surface area contributed by atoms with E-state index in [4.69, 9.17) is 4.74 Å². The van der Waals surface area contributed by atoms with E-state index in [1.54, 1.807) is 12.1 Å². The zero-order valence-electron chi connectivity index (χ0n) is 11.7. The molecule has 19 heavy (non-hydrogen) atoms. The Morgan fingerprint density at radius 3 is 3.00 bits per heavy atom. The Kier molecular flexibility index (Phi) is 4.91. The second kappa shape index (κ2) is 6.46. The van der Waals surface area contributed by atoms with Crippen LogP contribution in [0.3, 0.4) is 0 Å². The Hall–Kier alpha value is -0.970. The van der Waals surface area contributed by atoms with E-state index < -0.39 is 0 Å². The Morgan fingerprint density at radius 1 is 1.47 bits per heavy atom. The minimum atomic E-state index is -0.173. The van der Waals surface area contributed by atoms with Crippen LogP contribution >= 0.6 is 0 Å². The second-order valence-electron chi connectivity index (χ2n) is 5.75. The van der Waals surface area contributed by atoms with Gasteiger partial charge in [0.1, 0.15) is 5.82 Å². The van der Waals surface area contributed by atoms with Crippen LogP contribution in [0.25, 0.3) is 0 Å². The standard InChI is InChI=1S/C15H23FN2O/c1-15(2,12-4-3-5-13(16)8-12)11-17-9-14-10-19-7-6-18-14/h3-5,8,14,17-18H,6-7,9-11H2,1-2H3. The van der Waals surface area contributed by atoms with Crippen molar-refractivity contribution in [3.8, 4) is 0 Å². The maximum atomic E-state index is 13.3. The number of rotatable bonds is 5. The number of hydrogen-bond donors (Lipinski definition) is 2. The Bertz CT molecular complexity index is 403. The topological polar surface area (TPSA) is 33.3 Å². The van der Waals surface area contributed by atoms with E-state index in [0.29, 0.717) is 6.04 Å². The average molecular weight is 266 g/mol.